The van der Waals surface area contributed by atoms with Crippen molar-refractivity contribution in [2.45, 2.75) is 31.3 Å². The van der Waals surface area contributed by atoms with Crippen LogP contribution in [0, 0.1) is 18.8 Å². The Morgan fingerprint density at radius 1 is 1.15 bits per heavy atom. The molecule has 0 aliphatic rings. The molecule has 1 N–H and O–H groups in total. The highest BCUT2D eigenvalue weighted by Gasteiger charge is 2.24. The zero-order chi connectivity index (χ0) is 19.9. The highest BCUT2D eigenvalue weighted by molar-refractivity contribution is 7.89. The quantitative estimate of drug-likeness (QED) is 0.590. The summed E-state index contributed by atoms with van der Waals surface area (Å²) < 4.78 is 27.4. The number of aliphatic hydroxyl groups is 1. The molecule has 5 heteroatoms. The summed E-state index contributed by atoms with van der Waals surface area (Å²) >= 11 is 0. The largest absolute Gasteiger partial charge is 0.381 e. The van der Waals surface area contributed by atoms with Gasteiger partial charge in [-0.05, 0) is 38.0 Å². The third-order valence-electron chi connectivity index (χ3n) is 3.92. The predicted molar refractivity (Wildman–Crippen MR) is 109 cm³/mol. The summed E-state index contributed by atoms with van der Waals surface area (Å²) in [5, 5.41) is 9.33. The van der Waals surface area contributed by atoms with Crippen LogP contribution in [0.1, 0.15) is 18.1 Å². The number of aryl methyl sites for hydroxylation is 1. The summed E-state index contributed by atoms with van der Waals surface area (Å²) in [4.78, 5) is 0.222. The van der Waals surface area contributed by atoms with Crippen molar-refractivity contribution in [3.8, 4) is 11.8 Å². The van der Waals surface area contributed by atoms with Crippen LogP contribution < -0.4 is 0 Å². The van der Waals surface area contributed by atoms with Crippen molar-refractivity contribution < 1.29 is 13.5 Å². The SMILES string of the molecule is C=C(Cc1ccccc1)CN(CC#CC(C)O)S(=O)(=O)c1ccc(C)cc1. The molecule has 142 valence electrons. The summed E-state index contributed by atoms with van der Waals surface area (Å²) in [6.45, 7) is 7.66. The number of nitrogens with zero attached hydrogens (tertiary/aromatic N) is 1. The average molecular weight is 384 g/mol. The molecule has 0 bridgehead atoms. The Morgan fingerprint density at radius 3 is 2.37 bits per heavy atom. The van der Waals surface area contributed by atoms with Gasteiger partial charge in [0.2, 0.25) is 10.0 Å². The normalized spacial score (nSPS) is 12.3. The van der Waals surface area contributed by atoms with E-state index in [0.29, 0.717) is 6.42 Å². The number of hydrogen-bond donors (Lipinski definition) is 1. The van der Waals surface area contributed by atoms with E-state index in [1.165, 1.54) is 4.31 Å². The van der Waals surface area contributed by atoms with E-state index >= 15 is 0 Å². The molecule has 2 aromatic rings. The van der Waals surface area contributed by atoms with E-state index in [1.807, 2.05) is 37.3 Å². The zero-order valence-electron chi connectivity index (χ0n) is 15.7. The van der Waals surface area contributed by atoms with Crippen LogP contribution in [0.4, 0.5) is 0 Å². The molecule has 0 aliphatic heterocycles. The van der Waals surface area contributed by atoms with Crippen molar-refractivity contribution in [2.75, 3.05) is 13.1 Å². The highest BCUT2D eigenvalue weighted by Crippen LogP contribution is 2.18. The van der Waals surface area contributed by atoms with E-state index in [4.69, 9.17) is 0 Å². The molecule has 0 heterocycles. The van der Waals surface area contributed by atoms with Crippen molar-refractivity contribution in [3.05, 3.63) is 77.9 Å². The van der Waals surface area contributed by atoms with Crippen LogP contribution >= 0.6 is 0 Å². The first-order valence-electron chi connectivity index (χ1n) is 8.73. The van der Waals surface area contributed by atoms with E-state index in [0.717, 1.165) is 16.7 Å². The molecule has 0 amide bonds. The van der Waals surface area contributed by atoms with Crippen LogP contribution in [0.5, 0.6) is 0 Å². The molecular weight excluding hydrogens is 358 g/mol. The minimum Gasteiger partial charge on any atom is -0.381 e. The third-order valence-corrected chi connectivity index (χ3v) is 5.73. The molecule has 1 atom stereocenters. The Labute approximate surface area is 162 Å². The lowest BCUT2D eigenvalue weighted by atomic mass is 10.1. The van der Waals surface area contributed by atoms with Gasteiger partial charge < -0.3 is 5.11 Å². The molecular formula is C22H25NO3S. The molecule has 0 radical (unpaired) electrons. The first kappa shape index (κ1) is 20.9. The average Bonchev–Trinajstić information content (AvgIpc) is 2.61. The highest BCUT2D eigenvalue weighted by atomic mass is 32.2. The van der Waals surface area contributed by atoms with Crippen molar-refractivity contribution in [3.63, 3.8) is 0 Å². The van der Waals surface area contributed by atoms with E-state index in [1.54, 1.807) is 31.2 Å². The Bertz CT molecular complexity index is 921. The number of sulfonamides is 1. The van der Waals surface area contributed by atoms with Gasteiger partial charge in [-0.2, -0.15) is 4.31 Å². The summed E-state index contributed by atoms with van der Waals surface area (Å²) in [6, 6.07) is 16.5. The van der Waals surface area contributed by atoms with Gasteiger partial charge in [-0.1, -0.05) is 72.0 Å². The lowest BCUT2D eigenvalue weighted by Gasteiger charge is -2.21. The van der Waals surface area contributed by atoms with Gasteiger partial charge >= 0.3 is 0 Å². The maximum atomic E-state index is 13.1. The number of benzene rings is 2. The van der Waals surface area contributed by atoms with Gasteiger partial charge in [0, 0.05) is 6.54 Å². The van der Waals surface area contributed by atoms with Gasteiger partial charge in [-0.3, -0.25) is 0 Å². The third kappa shape index (κ3) is 6.37. The van der Waals surface area contributed by atoms with Gasteiger partial charge in [0.15, 0.2) is 0 Å². The Morgan fingerprint density at radius 2 is 1.78 bits per heavy atom. The molecule has 0 fully saturated rings. The van der Waals surface area contributed by atoms with Crippen LogP contribution in [-0.2, 0) is 16.4 Å². The molecule has 0 aromatic heterocycles. The molecule has 0 saturated heterocycles. The minimum atomic E-state index is -3.71. The van der Waals surface area contributed by atoms with Gasteiger partial charge in [0.1, 0.15) is 6.10 Å². The second-order valence-electron chi connectivity index (χ2n) is 6.50. The summed E-state index contributed by atoms with van der Waals surface area (Å²) in [6.07, 6.45) is -0.216. The molecule has 4 nitrogen and oxygen atoms in total. The molecule has 2 aromatic carbocycles. The van der Waals surface area contributed by atoms with Crippen molar-refractivity contribution >= 4 is 10.0 Å². The van der Waals surface area contributed by atoms with Crippen LogP contribution in [0.3, 0.4) is 0 Å². The minimum absolute atomic E-state index is 0.00504. The van der Waals surface area contributed by atoms with E-state index in [2.05, 4.69) is 18.4 Å². The fourth-order valence-corrected chi connectivity index (χ4v) is 3.92. The second kappa shape index (κ2) is 9.52. The maximum absolute atomic E-state index is 13.1. The zero-order valence-corrected chi connectivity index (χ0v) is 16.5. The fraction of sp³-hybridized carbons (Fsp3) is 0.273. The number of rotatable bonds is 7. The Balaban J connectivity index is 2.23. The lowest BCUT2D eigenvalue weighted by Crippen LogP contribution is -2.33. The van der Waals surface area contributed by atoms with Crippen LogP contribution in [-0.4, -0.2) is 37.0 Å². The van der Waals surface area contributed by atoms with Gasteiger partial charge in [-0.25, -0.2) is 8.42 Å². The summed E-state index contributed by atoms with van der Waals surface area (Å²) in [5.74, 6) is 5.35. The summed E-state index contributed by atoms with van der Waals surface area (Å²) in [5.41, 5.74) is 2.84. The maximum Gasteiger partial charge on any atom is 0.244 e. The van der Waals surface area contributed by atoms with Crippen molar-refractivity contribution in [2.24, 2.45) is 0 Å². The lowest BCUT2D eigenvalue weighted by molar-refractivity contribution is 0.253. The first-order chi connectivity index (χ1) is 12.8. The number of hydrogen-bond acceptors (Lipinski definition) is 3. The molecule has 0 spiro atoms. The van der Waals surface area contributed by atoms with Gasteiger partial charge in [-0.15, -0.1) is 0 Å². The number of aliphatic hydroxyl groups excluding tert-OH is 1. The van der Waals surface area contributed by atoms with Crippen molar-refractivity contribution in [1.82, 2.24) is 4.31 Å². The molecule has 2 rings (SSSR count). The van der Waals surface area contributed by atoms with Gasteiger partial charge in [0.25, 0.3) is 0 Å². The first-order valence-corrected chi connectivity index (χ1v) is 10.2. The molecule has 27 heavy (non-hydrogen) atoms. The van der Waals surface area contributed by atoms with Crippen LogP contribution in [0.15, 0.2) is 71.6 Å². The van der Waals surface area contributed by atoms with E-state index in [9.17, 15) is 13.5 Å². The van der Waals surface area contributed by atoms with Crippen molar-refractivity contribution in [1.29, 1.82) is 0 Å². The molecule has 0 aliphatic carbocycles. The van der Waals surface area contributed by atoms with Gasteiger partial charge in [0.05, 0.1) is 11.4 Å². The predicted octanol–water partition coefficient (Wildman–Crippen LogP) is 3.17. The second-order valence-corrected chi connectivity index (χ2v) is 8.43. The topological polar surface area (TPSA) is 57.6 Å². The fourth-order valence-electron chi connectivity index (χ4n) is 2.56. The van der Waals surface area contributed by atoms with E-state index in [-0.39, 0.29) is 18.0 Å². The molecule has 1 unspecified atom stereocenters. The summed E-state index contributed by atoms with van der Waals surface area (Å²) in [7, 11) is -3.71. The monoisotopic (exact) mass is 383 g/mol. The Hall–Kier alpha value is -2.39. The Kier molecular flexibility index (Phi) is 7.37. The smallest absolute Gasteiger partial charge is 0.244 e. The van der Waals surface area contributed by atoms with Crippen LogP contribution in [0.2, 0.25) is 0 Å². The van der Waals surface area contributed by atoms with Crippen LogP contribution in [0.25, 0.3) is 0 Å². The standard InChI is InChI=1S/C22H25NO3S/c1-18-11-13-22(14-12-18)27(25,26)23(15-7-8-20(3)24)17-19(2)16-21-9-5-4-6-10-21/h4-6,9-14,20,24H,2,15-17H2,1,3H3. The van der Waals surface area contributed by atoms with E-state index < -0.39 is 16.1 Å². The molecule has 0 saturated carbocycles.